The molecule has 1 aromatic heterocycles. The van der Waals surface area contributed by atoms with E-state index < -0.39 is 0 Å². The van der Waals surface area contributed by atoms with Gasteiger partial charge in [-0.15, -0.1) is 0 Å². The molecule has 0 bridgehead atoms. The fraction of sp³-hybridized carbons (Fsp3) is 0.500. The van der Waals surface area contributed by atoms with Gasteiger partial charge < -0.3 is 10.6 Å². The van der Waals surface area contributed by atoms with Gasteiger partial charge in [0.1, 0.15) is 11.5 Å². The van der Waals surface area contributed by atoms with E-state index >= 15 is 0 Å². The van der Waals surface area contributed by atoms with Crippen molar-refractivity contribution in [1.29, 1.82) is 0 Å². The van der Waals surface area contributed by atoms with Crippen molar-refractivity contribution in [2.45, 2.75) is 19.8 Å². The summed E-state index contributed by atoms with van der Waals surface area (Å²) >= 11 is 5.97. The largest absolute Gasteiger partial charge is 0.384 e. The quantitative estimate of drug-likeness (QED) is 0.879. The molecule has 1 atom stereocenters. The first-order valence-electron chi connectivity index (χ1n) is 5.83. The summed E-state index contributed by atoms with van der Waals surface area (Å²) in [5, 5.41) is 0.365. The number of likely N-dealkylation sites (tertiary alicyclic amines) is 1. The Balaban J connectivity index is 2.17. The number of pyridine rings is 1. The summed E-state index contributed by atoms with van der Waals surface area (Å²) in [5.74, 6) is 0.807. The van der Waals surface area contributed by atoms with Crippen molar-refractivity contribution < 1.29 is 4.79 Å². The van der Waals surface area contributed by atoms with Gasteiger partial charge >= 0.3 is 0 Å². The number of aromatic nitrogens is 1. The molecule has 0 saturated carbocycles. The normalized spacial score (nSPS) is 19.6. The maximum absolute atomic E-state index is 12.2. The summed E-state index contributed by atoms with van der Waals surface area (Å²) in [7, 11) is 0. The Morgan fingerprint density at radius 2 is 2.41 bits per heavy atom. The lowest BCUT2D eigenvalue weighted by Gasteiger charge is -2.16. The fourth-order valence-corrected chi connectivity index (χ4v) is 2.29. The summed E-state index contributed by atoms with van der Waals surface area (Å²) in [6.07, 6.45) is 2.16. The standard InChI is InChI=1S/C12H16ClN3O/c1-2-8-5-6-16(7-8)12(17)11-9(13)3-4-10(14)15-11/h3-4,8H,2,5-7H2,1H3,(H2,14,15). The van der Waals surface area contributed by atoms with Crippen molar-refractivity contribution in [3.05, 3.63) is 22.8 Å². The van der Waals surface area contributed by atoms with Crippen LogP contribution in [0.4, 0.5) is 5.82 Å². The Morgan fingerprint density at radius 3 is 3.06 bits per heavy atom. The van der Waals surface area contributed by atoms with E-state index in [0.29, 0.717) is 16.8 Å². The Hall–Kier alpha value is -1.29. The van der Waals surface area contributed by atoms with Crippen LogP contribution in [0, 0.1) is 5.92 Å². The van der Waals surface area contributed by atoms with Crippen LogP contribution in [0.3, 0.4) is 0 Å². The van der Waals surface area contributed by atoms with Gasteiger partial charge in [-0.2, -0.15) is 0 Å². The van der Waals surface area contributed by atoms with Gasteiger partial charge in [-0.3, -0.25) is 4.79 Å². The summed E-state index contributed by atoms with van der Waals surface area (Å²) in [5.41, 5.74) is 5.84. The van der Waals surface area contributed by atoms with Gasteiger partial charge in [0.15, 0.2) is 0 Å². The second-order valence-electron chi connectivity index (χ2n) is 4.38. The zero-order chi connectivity index (χ0) is 12.4. The third-order valence-electron chi connectivity index (χ3n) is 3.22. The lowest BCUT2D eigenvalue weighted by Crippen LogP contribution is -2.29. The highest BCUT2D eigenvalue weighted by Crippen LogP contribution is 2.23. The number of amides is 1. The van der Waals surface area contributed by atoms with Crippen LogP contribution in [0.1, 0.15) is 30.3 Å². The second kappa shape index (κ2) is 4.92. The fourth-order valence-electron chi connectivity index (χ4n) is 2.11. The number of carbonyl (C=O) groups is 1. The topological polar surface area (TPSA) is 59.2 Å². The van der Waals surface area contributed by atoms with Crippen molar-refractivity contribution in [1.82, 2.24) is 9.88 Å². The molecule has 92 valence electrons. The molecular formula is C12H16ClN3O. The highest BCUT2D eigenvalue weighted by Gasteiger charge is 2.27. The second-order valence-corrected chi connectivity index (χ2v) is 4.79. The molecule has 2 rings (SSSR count). The highest BCUT2D eigenvalue weighted by atomic mass is 35.5. The predicted molar refractivity (Wildman–Crippen MR) is 68.0 cm³/mol. The maximum Gasteiger partial charge on any atom is 0.274 e. The number of carbonyl (C=O) groups excluding carboxylic acids is 1. The monoisotopic (exact) mass is 253 g/mol. The van der Waals surface area contributed by atoms with Crippen molar-refractivity contribution in [3.63, 3.8) is 0 Å². The molecule has 4 nitrogen and oxygen atoms in total. The van der Waals surface area contributed by atoms with Crippen LogP contribution in [-0.2, 0) is 0 Å². The van der Waals surface area contributed by atoms with E-state index in [4.69, 9.17) is 17.3 Å². The Kier molecular flexibility index (Phi) is 3.52. The minimum Gasteiger partial charge on any atom is -0.384 e. The average Bonchev–Trinajstić information content (AvgIpc) is 2.80. The van der Waals surface area contributed by atoms with E-state index in [1.807, 2.05) is 4.90 Å². The number of nitrogen functional groups attached to an aromatic ring is 1. The number of hydrogen-bond donors (Lipinski definition) is 1. The summed E-state index contributed by atoms with van der Waals surface area (Å²) < 4.78 is 0. The number of nitrogens with two attached hydrogens (primary N) is 1. The molecule has 1 amide bonds. The third-order valence-corrected chi connectivity index (χ3v) is 3.53. The molecule has 1 unspecified atom stereocenters. The minimum absolute atomic E-state index is 0.113. The van der Waals surface area contributed by atoms with E-state index in [-0.39, 0.29) is 11.6 Å². The van der Waals surface area contributed by atoms with Gasteiger partial charge in [0.05, 0.1) is 5.02 Å². The van der Waals surface area contributed by atoms with E-state index in [1.165, 1.54) is 0 Å². The van der Waals surface area contributed by atoms with Crippen LogP contribution < -0.4 is 5.73 Å². The first kappa shape index (κ1) is 12.2. The van der Waals surface area contributed by atoms with Gasteiger partial charge in [0.2, 0.25) is 0 Å². The van der Waals surface area contributed by atoms with Gasteiger partial charge in [0.25, 0.3) is 5.91 Å². The average molecular weight is 254 g/mol. The number of rotatable bonds is 2. The molecule has 1 fully saturated rings. The Morgan fingerprint density at radius 1 is 1.65 bits per heavy atom. The predicted octanol–water partition coefficient (Wildman–Crippen LogP) is 2.19. The first-order valence-corrected chi connectivity index (χ1v) is 6.21. The molecule has 2 heterocycles. The minimum atomic E-state index is -0.113. The molecule has 17 heavy (non-hydrogen) atoms. The van der Waals surface area contributed by atoms with Gasteiger partial charge in [0, 0.05) is 13.1 Å². The zero-order valence-corrected chi connectivity index (χ0v) is 10.6. The maximum atomic E-state index is 12.2. The van der Waals surface area contributed by atoms with Crippen molar-refractivity contribution in [2.24, 2.45) is 5.92 Å². The summed E-state index contributed by atoms with van der Waals surface area (Å²) in [6.45, 7) is 3.72. The van der Waals surface area contributed by atoms with Crippen LogP contribution >= 0.6 is 11.6 Å². The molecule has 5 heteroatoms. The molecular weight excluding hydrogens is 238 g/mol. The molecule has 0 aliphatic carbocycles. The van der Waals surface area contributed by atoms with Crippen molar-refractivity contribution in [2.75, 3.05) is 18.8 Å². The SMILES string of the molecule is CCC1CCN(C(=O)c2nc(N)ccc2Cl)C1. The molecule has 1 saturated heterocycles. The van der Waals surface area contributed by atoms with Crippen LogP contribution in [-0.4, -0.2) is 28.9 Å². The first-order chi connectivity index (χ1) is 8.11. The lowest BCUT2D eigenvalue weighted by atomic mass is 10.1. The molecule has 0 aromatic carbocycles. The Bertz CT molecular complexity index is 436. The van der Waals surface area contributed by atoms with Gasteiger partial charge in [-0.25, -0.2) is 4.98 Å². The van der Waals surface area contributed by atoms with E-state index in [1.54, 1.807) is 12.1 Å². The molecule has 1 aromatic rings. The third kappa shape index (κ3) is 2.52. The van der Waals surface area contributed by atoms with Crippen LogP contribution in [0.25, 0.3) is 0 Å². The summed E-state index contributed by atoms with van der Waals surface area (Å²) in [6, 6.07) is 3.21. The van der Waals surface area contributed by atoms with Gasteiger partial charge in [-0.1, -0.05) is 24.9 Å². The number of nitrogens with zero attached hydrogens (tertiary/aromatic N) is 2. The molecule has 2 N–H and O–H groups in total. The molecule has 1 aliphatic heterocycles. The zero-order valence-electron chi connectivity index (χ0n) is 9.82. The molecule has 0 radical (unpaired) electrons. The van der Waals surface area contributed by atoms with E-state index in [2.05, 4.69) is 11.9 Å². The van der Waals surface area contributed by atoms with E-state index in [0.717, 1.165) is 25.9 Å². The van der Waals surface area contributed by atoms with E-state index in [9.17, 15) is 4.79 Å². The van der Waals surface area contributed by atoms with Gasteiger partial charge in [-0.05, 0) is 24.5 Å². The number of halogens is 1. The Labute approximate surface area is 106 Å². The van der Waals surface area contributed by atoms with Crippen molar-refractivity contribution >= 4 is 23.3 Å². The highest BCUT2D eigenvalue weighted by molar-refractivity contribution is 6.33. The smallest absolute Gasteiger partial charge is 0.274 e. The summed E-state index contributed by atoms with van der Waals surface area (Å²) in [4.78, 5) is 18.0. The number of anilines is 1. The van der Waals surface area contributed by atoms with Crippen LogP contribution in [0.15, 0.2) is 12.1 Å². The molecule has 1 aliphatic rings. The van der Waals surface area contributed by atoms with Crippen LogP contribution in [0.2, 0.25) is 5.02 Å². The van der Waals surface area contributed by atoms with Crippen LogP contribution in [0.5, 0.6) is 0 Å². The molecule has 0 spiro atoms. The number of hydrogen-bond acceptors (Lipinski definition) is 3. The lowest BCUT2D eigenvalue weighted by molar-refractivity contribution is 0.0781. The van der Waals surface area contributed by atoms with Crippen molar-refractivity contribution in [3.8, 4) is 0 Å².